The van der Waals surface area contributed by atoms with Gasteiger partial charge >= 0.3 is 6.36 Å². The molecule has 2 aromatic carbocycles. The highest BCUT2D eigenvalue weighted by Gasteiger charge is 2.40. The first-order chi connectivity index (χ1) is 12.6. The van der Waals surface area contributed by atoms with Gasteiger partial charge in [0.15, 0.2) is 6.10 Å². The van der Waals surface area contributed by atoms with Crippen molar-refractivity contribution < 1.29 is 35.9 Å². The van der Waals surface area contributed by atoms with Crippen LogP contribution in [0, 0.1) is 0 Å². The maximum Gasteiger partial charge on any atom is 0.573 e. The maximum atomic E-state index is 13.1. The van der Waals surface area contributed by atoms with Gasteiger partial charge < -0.3 is 15.2 Å². The molecule has 1 aliphatic rings. The second-order valence-corrected chi connectivity index (χ2v) is 7.34. The van der Waals surface area contributed by atoms with E-state index >= 15 is 0 Å². The Morgan fingerprint density at radius 2 is 1.78 bits per heavy atom. The lowest BCUT2D eigenvalue weighted by molar-refractivity contribution is -0.275. The number of halogens is 3. The number of hydrogen-bond acceptors (Lipinski definition) is 5. The first-order valence-electron chi connectivity index (χ1n) is 7.52. The summed E-state index contributed by atoms with van der Waals surface area (Å²) in [7, 11) is -4.52. The number of carbonyl (C=O) groups is 1. The van der Waals surface area contributed by atoms with E-state index in [0.717, 1.165) is 16.4 Å². The average Bonchev–Trinajstić information content (AvgIpc) is 2.59. The van der Waals surface area contributed by atoms with Crippen molar-refractivity contribution in [3.63, 3.8) is 0 Å². The molecule has 2 aromatic rings. The van der Waals surface area contributed by atoms with Crippen molar-refractivity contribution in [3.05, 3.63) is 48.5 Å². The molecule has 0 aliphatic carbocycles. The third-order valence-corrected chi connectivity index (χ3v) is 5.51. The zero-order valence-electron chi connectivity index (χ0n) is 13.5. The highest BCUT2D eigenvalue weighted by molar-refractivity contribution is 7.93. The lowest BCUT2D eigenvalue weighted by atomic mass is 10.2. The van der Waals surface area contributed by atoms with Crippen LogP contribution in [0.4, 0.5) is 18.9 Å². The molecule has 2 N–H and O–H groups in total. The van der Waals surface area contributed by atoms with E-state index in [9.17, 15) is 26.4 Å². The van der Waals surface area contributed by atoms with Gasteiger partial charge in [0.1, 0.15) is 16.4 Å². The van der Waals surface area contributed by atoms with Crippen molar-refractivity contribution in [2.45, 2.75) is 17.4 Å². The van der Waals surface area contributed by atoms with Crippen molar-refractivity contribution >= 4 is 21.6 Å². The van der Waals surface area contributed by atoms with Gasteiger partial charge in [-0.05, 0) is 24.3 Å². The molecule has 1 aliphatic heterocycles. The number of primary amides is 1. The number of para-hydroxylation sites is 3. The van der Waals surface area contributed by atoms with Gasteiger partial charge in [-0.15, -0.1) is 13.2 Å². The monoisotopic (exact) mass is 402 g/mol. The molecule has 0 spiro atoms. The van der Waals surface area contributed by atoms with Crippen LogP contribution in [0.15, 0.2) is 53.4 Å². The number of fused-ring (bicyclic) bond motifs is 1. The summed E-state index contributed by atoms with van der Waals surface area (Å²) >= 11 is 0. The van der Waals surface area contributed by atoms with E-state index in [4.69, 9.17) is 10.5 Å². The Hall–Kier alpha value is -2.95. The van der Waals surface area contributed by atoms with E-state index in [1.54, 1.807) is 6.07 Å². The Morgan fingerprint density at radius 1 is 1.15 bits per heavy atom. The molecule has 0 aromatic heterocycles. The molecule has 0 saturated heterocycles. The second-order valence-electron chi connectivity index (χ2n) is 5.51. The largest absolute Gasteiger partial charge is 0.573 e. The zero-order valence-corrected chi connectivity index (χ0v) is 14.3. The van der Waals surface area contributed by atoms with Gasteiger partial charge in [-0.3, -0.25) is 9.10 Å². The number of carbonyl (C=O) groups excluding carboxylic acids is 1. The standard InChI is InChI=1S/C16H13F3N2O5S/c17-16(18,19)26-12-7-3-4-8-14(12)27(23,24)21-9-13(15(20)22)25-11-6-2-1-5-10(11)21/h1-8,13H,9H2,(H2,20,22). The first-order valence-corrected chi connectivity index (χ1v) is 8.96. The third kappa shape index (κ3) is 3.77. The van der Waals surface area contributed by atoms with Crippen molar-refractivity contribution in [2.75, 3.05) is 10.8 Å². The van der Waals surface area contributed by atoms with Gasteiger partial charge in [0.05, 0.1) is 12.2 Å². The summed E-state index contributed by atoms with van der Waals surface area (Å²) in [5, 5.41) is 0. The minimum atomic E-state index is -5.08. The van der Waals surface area contributed by atoms with E-state index < -0.39 is 45.6 Å². The lowest BCUT2D eigenvalue weighted by Crippen LogP contribution is -2.49. The minimum Gasteiger partial charge on any atom is -0.476 e. The molecule has 1 unspecified atom stereocenters. The fourth-order valence-electron chi connectivity index (χ4n) is 2.57. The molecule has 1 amide bonds. The molecule has 3 rings (SSSR count). The Morgan fingerprint density at radius 3 is 2.44 bits per heavy atom. The number of sulfonamides is 1. The van der Waals surface area contributed by atoms with E-state index in [2.05, 4.69) is 4.74 Å². The number of anilines is 1. The van der Waals surface area contributed by atoms with E-state index in [1.807, 2.05) is 0 Å². The summed E-state index contributed by atoms with van der Waals surface area (Å²) in [6, 6.07) is 10.2. The van der Waals surface area contributed by atoms with Gasteiger partial charge in [-0.1, -0.05) is 24.3 Å². The topological polar surface area (TPSA) is 98.9 Å². The van der Waals surface area contributed by atoms with Gasteiger partial charge in [0, 0.05) is 0 Å². The molecule has 7 nitrogen and oxygen atoms in total. The number of benzene rings is 2. The third-order valence-electron chi connectivity index (χ3n) is 3.70. The quantitative estimate of drug-likeness (QED) is 0.844. The molecular formula is C16H13F3N2O5S. The molecule has 0 saturated carbocycles. The van der Waals surface area contributed by atoms with Crippen LogP contribution in [0.2, 0.25) is 0 Å². The summed E-state index contributed by atoms with van der Waals surface area (Å²) < 4.78 is 74.1. The molecule has 1 atom stereocenters. The molecule has 144 valence electrons. The number of ether oxygens (including phenoxy) is 2. The van der Waals surface area contributed by atoms with Crippen molar-refractivity contribution in [1.82, 2.24) is 0 Å². The summed E-state index contributed by atoms with van der Waals surface area (Å²) in [4.78, 5) is 10.8. The number of alkyl halides is 3. The molecular weight excluding hydrogens is 389 g/mol. The Balaban J connectivity index is 2.11. The predicted octanol–water partition coefficient (Wildman–Crippen LogP) is 2.03. The summed E-state index contributed by atoms with van der Waals surface area (Å²) in [5.74, 6) is -1.74. The van der Waals surface area contributed by atoms with Gasteiger partial charge in [0.25, 0.3) is 15.9 Å². The van der Waals surface area contributed by atoms with Crippen LogP contribution >= 0.6 is 0 Å². The SMILES string of the molecule is NC(=O)C1CN(S(=O)(=O)c2ccccc2OC(F)(F)F)c2ccccc2O1. The Bertz CT molecular complexity index is 978. The number of nitrogens with two attached hydrogens (primary N) is 1. The number of rotatable bonds is 4. The van der Waals surface area contributed by atoms with E-state index in [0.29, 0.717) is 0 Å². The van der Waals surface area contributed by atoms with Crippen LogP contribution in [0.5, 0.6) is 11.5 Å². The average molecular weight is 402 g/mol. The highest BCUT2D eigenvalue weighted by Crippen LogP contribution is 2.39. The van der Waals surface area contributed by atoms with E-state index in [-0.39, 0.29) is 11.4 Å². The van der Waals surface area contributed by atoms with Crippen LogP contribution in [-0.2, 0) is 14.8 Å². The Labute approximate surface area is 152 Å². The van der Waals surface area contributed by atoms with Crippen LogP contribution in [-0.4, -0.2) is 33.3 Å². The van der Waals surface area contributed by atoms with Crippen molar-refractivity contribution in [3.8, 4) is 11.5 Å². The Kier molecular flexibility index (Phi) is 4.64. The fourth-order valence-corrected chi connectivity index (χ4v) is 4.16. The second kappa shape index (κ2) is 6.65. The van der Waals surface area contributed by atoms with Crippen LogP contribution in [0.1, 0.15) is 0 Å². The van der Waals surface area contributed by atoms with Gasteiger partial charge in [-0.2, -0.15) is 0 Å². The highest BCUT2D eigenvalue weighted by atomic mass is 32.2. The summed E-state index contributed by atoms with van der Waals surface area (Å²) in [6.45, 7) is -0.491. The van der Waals surface area contributed by atoms with Crippen molar-refractivity contribution in [1.29, 1.82) is 0 Å². The number of amides is 1. The molecule has 0 radical (unpaired) electrons. The zero-order chi connectivity index (χ0) is 19.8. The van der Waals surface area contributed by atoms with Crippen molar-refractivity contribution in [2.24, 2.45) is 5.73 Å². The molecule has 0 bridgehead atoms. The molecule has 27 heavy (non-hydrogen) atoms. The smallest absolute Gasteiger partial charge is 0.476 e. The lowest BCUT2D eigenvalue weighted by Gasteiger charge is -2.34. The van der Waals surface area contributed by atoms with Gasteiger partial charge in [-0.25, -0.2) is 8.42 Å². The number of hydrogen-bond donors (Lipinski definition) is 1. The molecule has 1 heterocycles. The van der Waals surface area contributed by atoms with E-state index in [1.165, 1.54) is 30.3 Å². The molecule has 0 fully saturated rings. The minimum absolute atomic E-state index is 0.0605. The summed E-state index contributed by atoms with van der Waals surface area (Å²) in [6.07, 6.45) is -6.38. The first kappa shape index (κ1) is 18.8. The predicted molar refractivity (Wildman–Crippen MR) is 87.7 cm³/mol. The van der Waals surface area contributed by atoms with Crippen LogP contribution in [0.3, 0.4) is 0 Å². The summed E-state index contributed by atoms with van der Waals surface area (Å²) in [5.41, 5.74) is 5.29. The fraction of sp³-hybridized carbons (Fsp3) is 0.188. The number of nitrogens with zero attached hydrogens (tertiary/aromatic N) is 1. The maximum absolute atomic E-state index is 13.1. The normalized spacial score (nSPS) is 17.0. The van der Waals surface area contributed by atoms with Crippen LogP contribution < -0.4 is 19.5 Å². The molecule has 11 heteroatoms. The van der Waals surface area contributed by atoms with Gasteiger partial charge in [0.2, 0.25) is 0 Å². The van der Waals surface area contributed by atoms with Crippen LogP contribution in [0.25, 0.3) is 0 Å².